The van der Waals surface area contributed by atoms with E-state index in [0.717, 1.165) is 61.6 Å². The quantitative estimate of drug-likeness (QED) is 0.686. The molecule has 1 amide bonds. The summed E-state index contributed by atoms with van der Waals surface area (Å²) in [5.41, 5.74) is 0.832. The monoisotopic (exact) mass is 440 g/mol. The molecule has 0 bridgehead atoms. The van der Waals surface area contributed by atoms with Gasteiger partial charge in [-0.15, -0.1) is 0 Å². The van der Waals surface area contributed by atoms with Crippen LogP contribution in [-0.4, -0.2) is 37.8 Å². The Hall–Kier alpha value is -1.84. The fourth-order valence-corrected chi connectivity index (χ4v) is 5.19. The van der Waals surface area contributed by atoms with Crippen molar-refractivity contribution in [3.63, 3.8) is 0 Å². The molecule has 2 aromatic rings. The van der Waals surface area contributed by atoms with Gasteiger partial charge in [0.05, 0.1) is 29.2 Å². The summed E-state index contributed by atoms with van der Waals surface area (Å²) < 4.78 is 42.3. The minimum absolute atomic E-state index is 0. The van der Waals surface area contributed by atoms with Crippen molar-refractivity contribution < 1.29 is 23.8 Å². The third-order valence-electron chi connectivity index (χ3n) is 5.87. The van der Waals surface area contributed by atoms with E-state index in [1.54, 1.807) is 12.1 Å². The molecule has 158 valence electrons. The molecule has 1 aliphatic carbocycles. The van der Waals surface area contributed by atoms with Gasteiger partial charge in [-0.05, 0) is 55.7 Å². The Morgan fingerprint density at radius 3 is 2.55 bits per heavy atom. The lowest BCUT2D eigenvalue weighted by Gasteiger charge is -2.29. The number of halogens is 1. The van der Waals surface area contributed by atoms with Crippen molar-refractivity contribution in [2.75, 3.05) is 18.2 Å². The lowest BCUT2D eigenvalue weighted by Crippen LogP contribution is -2.27. The number of carbonyl (C=O) groups excluding carboxylic acids is 1. The van der Waals surface area contributed by atoms with Crippen molar-refractivity contribution in [3.05, 3.63) is 41.2 Å². The molecule has 29 heavy (non-hydrogen) atoms. The van der Waals surface area contributed by atoms with Crippen LogP contribution in [0.1, 0.15) is 45.0 Å². The van der Waals surface area contributed by atoms with E-state index < -0.39 is 20.9 Å². The normalized spacial score (nSPS) is 25.0. The highest BCUT2D eigenvalue weighted by molar-refractivity contribution is 7.90. The first kappa shape index (κ1) is 20.4. The molecular weight excluding hydrogens is 415 g/mol. The summed E-state index contributed by atoms with van der Waals surface area (Å²) in [4.78, 5) is 17.1. The van der Waals surface area contributed by atoms with Gasteiger partial charge in [-0.1, -0.05) is 23.5 Å². The van der Waals surface area contributed by atoms with Gasteiger partial charge in [0.25, 0.3) is 0 Å². The molecule has 2 fully saturated rings. The van der Waals surface area contributed by atoms with Gasteiger partial charge in [-0.25, -0.2) is 13.4 Å². The van der Waals surface area contributed by atoms with Crippen molar-refractivity contribution in [3.8, 4) is 0 Å². The van der Waals surface area contributed by atoms with Gasteiger partial charge >= 0.3 is 0 Å². The van der Waals surface area contributed by atoms with Crippen LogP contribution < -0.4 is 5.32 Å². The summed E-state index contributed by atoms with van der Waals surface area (Å²) in [7, 11) is -3.31. The SMILES string of the molecule is CS(=O)(=O)c1ccc([C@@H](CC2CCC3(CC2)CO3)C(=O)Nc2ncc(F)s2)cc1.[HH]. The molecule has 1 aromatic carbocycles. The average molecular weight is 441 g/mol. The number of amides is 1. The zero-order chi connectivity index (χ0) is 20.6. The van der Waals surface area contributed by atoms with Crippen LogP contribution in [-0.2, 0) is 19.4 Å². The first-order valence-electron chi connectivity index (χ1n) is 9.60. The number of epoxide rings is 1. The first-order valence-corrected chi connectivity index (χ1v) is 12.3. The van der Waals surface area contributed by atoms with E-state index in [-0.39, 0.29) is 23.0 Å². The predicted molar refractivity (Wildman–Crippen MR) is 110 cm³/mol. The Balaban J connectivity index is 0.00000256. The molecule has 1 aliphatic heterocycles. The summed E-state index contributed by atoms with van der Waals surface area (Å²) >= 11 is 0.783. The number of sulfone groups is 1. The van der Waals surface area contributed by atoms with Crippen LogP contribution in [0.15, 0.2) is 35.4 Å². The molecular formula is C20H25FN2O4S2. The molecule has 2 heterocycles. The largest absolute Gasteiger partial charge is 0.370 e. The predicted octanol–water partition coefficient (Wildman–Crippen LogP) is 4.00. The summed E-state index contributed by atoms with van der Waals surface area (Å²) in [5.74, 6) is -0.340. The molecule has 1 spiro atoms. The fraction of sp³-hybridized carbons (Fsp3) is 0.500. The standard InChI is InChI=1S/C20H23FN2O4S2.H2/c1-29(25,26)15-4-2-14(3-5-15)16(18(24)23-19-22-11-17(21)28-19)10-13-6-8-20(9-7-13)12-27-20;/h2-5,11,13,16H,6-10,12H2,1H3,(H,22,23,24);1H/t13?,16-,20?;/m1./s1. The average Bonchev–Trinajstić information content (AvgIpc) is 3.31. The van der Waals surface area contributed by atoms with Crippen LogP contribution in [0.5, 0.6) is 0 Å². The maximum Gasteiger partial charge on any atom is 0.233 e. The number of ether oxygens (including phenoxy) is 1. The van der Waals surface area contributed by atoms with E-state index in [1.165, 1.54) is 12.1 Å². The highest BCUT2D eigenvalue weighted by atomic mass is 32.2. The number of thiazole rings is 1. The third kappa shape index (κ3) is 4.84. The van der Waals surface area contributed by atoms with Gasteiger partial charge in [0.2, 0.25) is 5.91 Å². The molecule has 1 saturated heterocycles. The number of aromatic nitrogens is 1. The highest BCUT2D eigenvalue weighted by Crippen LogP contribution is 2.46. The number of anilines is 1. The lowest BCUT2D eigenvalue weighted by molar-refractivity contribution is -0.118. The second-order valence-electron chi connectivity index (χ2n) is 8.00. The zero-order valence-electron chi connectivity index (χ0n) is 16.1. The van der Waals surface area contributed by atoms with Crippen LogP contribution in [0.25, 0.3) is 0 Å². The van der Waals surface area contributed by atoms with E-state index in [0.29, 0.717) is 12.3 Å². The highest BCUT2D eigenvalue weighted by Gasteiger charge is 2.47. The Labute approximate surface area is 174 Å². The minimum Gasteiger partial charge on any atom is -0.370 e. The first-order chi connectivity index (χ1) is 13.7. The van der Waals surface area contributed by atoms with Crippen molar-refractivity contribution in [2.24, 2.45) is 5.92 Å². The van der Waals surface area contributed by atoms with E-state index >= 15 is 0 Å². The molecule has 0 unspecified atom stereocenters. The van der Waals surface area contributed by atoms with Crippen molar-refractivity contribution in [1.29, 1.82) is 0 Å². The summed E-state index contributed by atoms with van der Waals surface area (Å²) in [6, 6.07) is 6.44. The van der Waals surface area contributed by atoms with Crippen LogP contribution in [0, 0.1) is 11.0 Å². The topological polar surface area (TPSA) is 88.7 Å². The minimum atomic E-state index is -3.31. The van der Waals surface area contributed by atoms with Crippen molar-refractivity contribution in [2.45, 2.75) is 48.5 Å². The molecule has 1 saturated carbocycles. The molecule has 0 radical (unpaired) electrons. The van der Waals surface area contributed by atoms with E-state index in [2.05, 4.69) is 10.3 Å². The molecule has 2 aliphatic rings. The Morgan fingerprint density at radius 1 is 1.38 bits per heavy atom. The van der Waals surface area contributed by atoms with Gasteiger partial charge in [0.1, 0.15) is 0 Å². The number of nitrogens with zero attached hydrogens (tertiary/aromatic N) is 1. The van der Waals surface area contributed by atoms with Gasteiger partial charge in [-0.2, -0.15) is 4.39 Å². The summed E-state index contributed by atoms with van der Waals surface area (Å²) in [6.45, 7) is 0.839. The number of nitrogens with one attached hydrogen (secondary N) is 1. The molecule has 9 heteroatoms. The second kappa shape index (κ2) is 7.77. The molecule has 6 nitrogen and oxygen atoms in total. The lowest BCUT2D eigenvalue weighted by atomic mass is 9.76. The van der Waals surface area contributed by atoms with Gasteiger partial charge in [0, 0.05) is 7.68 Å². The molecule has 1 N–H and O–H groups in total. The number of benzene rings is 1. The third-order valence-corrected chi connectivity index (χ3v) is 7.70. The summed E-state index contributed by atoms with van der Waals surface area (Å²) in [5, 5.41) is 2.47. The number of rotatable bonds is 6. The van der Waals surface area contributed by atoms with E-state index in [4.69, 9.17) is 4.74 Å². The maximum atomic E-state index is 13.2. The van der Waals surface area contributed by atoms with Crippen molar-refractivity contribution >= 4 is 32.2 Å². The maximum absolute atomic E-state index is 13.2. The van der Waals surface area contributed by atoms with Gasteiger partial charge < -0.3 is 10.1 Å². The Bertz CT molecular complexity index is 996. The van der Waals surface area contributed by atoms with Crippen LogP contribution >= 0.6 is 11.3 Å². The second-order valence-corrected chi connectivity index (χ2v) is 11.0. The van der Waals surface area contributed by atoms with Crippen LogP contribution in [0.2, 0.25) is 0 Å². The number of hydrogen-bond acceptors (Lipinski definition) is 6. The smallest absolute Gasteiger partial charge is 0.233 e. The van der Waals surface area contributed by atoms with E-state index in [9.17, 15) is 17.6 Å². The Kier molecular flexibility index (Phi) is 5.48. The Morgan fingerprint density at radius 2 is 2.03 bits per heavy atom. The van der Waals surface area contributed by atoms with Gasteiger partial charge in [0.15, 0.2) is 20.1 Å². The molecule has 1 aromatic heterocycles. The van der Waals surface area contributed by atoms with Crippen LogP contribution in [0.4, 0.5) is 9.52 Å². The van der Waals surface area contributed by atoms with Crippen LogP contribution in [0.3, 0.4) is 0 Å². The van der Waals surface area contributed by atoms with E-state index in [1.807, 2.05) is 0 Å². The molecule has 4 rings (SSSR count). The fourth-order valence-electron chi connectivity index (χ4n) is 4.01. The number of hydrogen-bond donors (Lipinski definition) is 1. The number of carbonyl (C=O) groups is 1. The van der Waals surface area contributed by atoms with Crippen molar-refractivity contribution in [1.82, 2.24) is 4.98 Å². The molecule has 1 atom stereocenters. The van der Waals surface area contributed by atoms with Gasteiger partial charge in [-0.3, -0.25) is 4.79 Å². The zero-order valence-corrected chi connectivity index (χ0v) is 17.7. The summed E-state index contributed by atoms with van der Waals surface area (Å²) in [6.07, 6.45) is 6.89.